The molecule has 1 aliphatic rings. The Morgan fingerprint density at radius 3 is 2.43 bits per heavy atom. The van der Waals surface area contributed by atoms with Crippen LogP contribution in [-0.4, -0.2) is 0 Å². The monoisotopic (exact) mass is 97.1 g/mol. The van der Waals surface area contributed by atoms with Gasteiger partial charge in [0.15, 0.2) is 0 Å². The van der Waals surface area contributed by atoms with E-state index in [9.17, 15) is 0 Å². The van der Waals surface area contributed by atoms with Gasteiger partial charge < -0.3 is 0 Å². The Balaban J connectivity index is 2.16. The Bertz CT molecular complexity index is 55.1. The van der Waals surface area contributed by atoms with Crippen LogP contribution in [0.15, 0.2) is 0 Å². The highest BCUT2D eigenvalue weighted by Gasteiger charge is 2.36. The van der Waals surface area contributed by atoms with Gasteiger partial charge in [-0.15, -0.1) is 0 Å². The molecule has 0 bridgehead atoms. The fourth-order valence-electron chi connectivity index (χ4n) is 1.16. The molecule has 1 fully saturated rings. The van der Waals surface area contributed by atoms with Crippen LogP contribution in [0.25, 0.3) is 0 Å². The van der Waals surface area contributed by atoms with Gasteiger partial charge in [-0.1, -0.05) is 0 Å². The highest BCUT2D eigenvalue weighted by molar-refractivity contribution is 5.02. The molecule has 0 aromatic heterocycles. The van der Waals surface area contributed by atoms with Gasteiger partial charge >= 0.3 is 0 Å². The third kappa shape index (κ3) is 0.744. The molecule has 0 aromatic carbocycles. The summed E-state index contributed by atoms with van der Waals surface area (Å²) in [5.74, 6) is 2.74. The van der Waals surface area contributed by atoms with Crippen molar-refractivity contribution in [1.29, 1.82) is 0 Å². The Hall–Kier alpha value is -0.130. The van der Waals surface area contributed by atoms with E-state index in [0.717, 1.165) is 5.92 Å². The second-order valence-electron chi connectivity index (χ2n) is 2.45. The Kier molecular flexibility index (Phi) is 1.27. The van der Waals surface area contributed by atoms with E-state index in [1.54, 1.807) is 5.92 Å². The standard InChI is InChI=1S/C7H13/c1-3-7-5-4-6(7)2/h6H,3-5H2,1-2H3/q+1. The molecule has 1 atom stereocenters. The van der Waals surface area contributed by atoms with Gasteiger partial charge in [0.2, 0.25) is 0 Å². The molecule has 1 aliphatic carbocycles. The normalized spacial score (nSPS) is 30.0. The zero-order valence-electron chi connectivity index (χ0n) is 5.20. The minimum atomic E-state index is 0.963. The summed E-state index contributed by atoms with van der Waals surface area (Å²) in [4.78, 5) is 0. The SMILES string of the molecule is CC[C+]1CCC1C. The van der Waals surface area contributed by atoms with Crippen LogP contribution >= 0.6 is 0 Å². The van der Waals surface area contributed by atoms with Crippen molar-refractivity contribution in [3.63, 3.8) is 0 Å². The third-order valence-corrected chi connectivity index (χ3v) is 2.05. The smallest absolute Gasteiger partial charge is 0.0242 e. The van der Waals surface area contributed by atoms with Gasteiger partial charge in [-0.3, -0.25) is 0 Å². The van der Waals surface area contributed by atoms with Crippen molar-refractivity contribution in [2.75, 3.05) is 0 Å². The lowest BCUT2D eigenvalue weighted by atomic mass is 9.74. The molecule has 1 rings (SSSR count). The molecule has 0 heteroatoms. The summed E-state index contributed by atoms with van der Waals surface area (Å²) < 4.78 is 0. The molecular weight excluding hydrogens is 84.1 g/mol. The number of hydrogen-bond acceptors (Lipinski definition) is 0. The second kappa shape index (κ2) is 1.77. The summed E-state index contributed by atoms with van der Waals surface area (Å²) in [6.07, 6.45) is 4.18. The van der Waals surface area contributed by atoms with Crippen LogP contribution < -0.4 is 0 Å². The van der Waals surface area contributed by atoms with Crippen LogP contribution in [0.2, 0.25) is 0 Å². The second-order valence-corrected chi connectivity index (χ2v) is 2.45. The summed E-state index contributed by atoms with van der Waals surface area (Å²) in [5, 5.41) is 0. The molecule has 0 saturated heterocycles. The zero-order chi connectivity index (χ0) is 5.28. The molecule has 0 N–H and O–H groups in total. The minimum absolute atomic E-state index is 0.963. The van der Waals surface area contributed by atoms with E-state index in [1.807, 2.05) is 0 Å². The molecule has 0 heterocycles. The molecule has 0 aliphatic heterocycles. The fraction of sp³-hybridized carbons (Fsp3) is 0.857. The maximum absolute atomic E-state index is 2.32. The summed E-state index contributed by atoms with van der Waals surface area (Å²) in [6, 6.07) is 0. The molecule has 1 saturated carbocycles. The molecule has 0 aromatic rings. The van der Waals surface area contributed by atoms with Crippen molar-refractivity contribution in [3.05, 3.63) is 5.92 Å². The lowest BCUT2D eigenvalue weighted by Crippen LogP contribution is -2.19. The molecule has 1 unspecified atom stereocenters. The van der Waals surface area contributed by atoms with E-state index in [4.69, 9.17) is 0 Å². The maximum Gasteiger partial charge on any atom is 0.101 e. The molecule has 0 spiro atoms. The Labute approximate surface area is 45.9 Å². The lowest BCUT2D eigenvalue weighted by molar-refractivity contribution is 0.374. The van der Waals surface area contributed by atoms with E-state index in [2.05, 4.69) is 13.8 Å². The lowest BCUT2D eigenvalue weighted by Gasteiger charge is -2.20. The van der Waals surface area contributed by atoms with Gasteiger partial charge in [0.05, 0.1) is 18.8 Å². The van der Waals surface area contributed by atoms with E-state index >= 15 is 0 Å². The van der Waals surface area contributed by atoms with Crippen LogP contribution in [0.3, 0.4) is 0 Å². The van der Waals surface area contributed by atoms with Crippen LogP contribution in [0.4, 0.5) is 0 Å². The highest BCUT2D eigenvalue weighted by Crippen LogP contribution is 2.37. The van der Waals surface area contributed by atoms with Crippen LogP contribution in [0.5, 0.6) is 0 Å². The van der Waals surface area contributed by atoms with Gasteiger partial charge in [-0.05, 0) is 13.8 Å². The Morgan fingerprint density at radius 2 is 2.43 bits per heavy atom. The van der Waals surface area contributed by atoms with Crippen molar-refractivity contribution in [3.8, 4) is 0 Å². The van der Waals surface area contributed by atoms with Gasteiger partial charge in [-0.2, -0.15) is 0 Å². The zero-order valence-corrected chi connectivity index (χ0v) is 5.20. The largest absolute Gasteiger partial charge is 0.101 e. The first-order valence-electron chi connectivity index (χ1n) is 3.19. The fourth-order valence-corrected chi connectivity index (χ4v) is 1.16. The topological polar surface area (TPSA) is 0 Å². The molecule has 0 radical (unpaired) electrons. The third-order valence-electron chi connectivity index (χ3n) is 2.05. The molecule has 40 valence electrons. The first-order chi connectivity index (χ1) is 3.34. The minimum Gasteiger partial charge on any atom is -0.0242 e. The van der Waals surface area contributed by atoms with E-state index in [0.29, 0.717) is 0 Å². The van der Waals surface area contributed by atoms with Crippen molar-refractivity contribution in [2.24, 2.45) is 5.92 Å². The van der Waals surface area contributed by atoms with Crippen molar-refractivity contribution in [2.45, 2.75) is 33.1 Å². The molecule has 0 amide bonds. The van der Waals surface area contributed by atoms with Gasteiger partial charge in [0.25, 0.3) is 0 Å². The predicted molar refractivity (Wildman–Crippen MR) is 31.9 cm³/mol. The van der Waals surface area contributed by atoms with Crippen molar-refractivity contribution < 1.29 is 0 Å². The molecule has 7 heavy (non-hydrogen) atoms. The molecule has 0 nitrogen and oxygen atoms in total. The predicted octanol–water partition coefficient (Wildman–Crippen LogP) is 2.40. The maximum atomic E-state index is 2.32. The van der Waals surface area contributed by atoms with E-state index in [-0.39, 0.29) is 0 Å². The highest BCUT2D eigenvalue weighted by atomic mass is 14.3. The first-order valence-corrected chi connectivity index (χ1v) is 3.19. The van der Waals surface area contributed by atoms with Gasteiger partial charge in [0.1, 0.15) is 5.92 Å². The van der Waals surface area contributed by atoms with Crippen molar-refractivity contribution in [1.82, 2.24) is 0 Å². The quantitative estimate of drug-likeness (QED) is 0.441. The van der Waals surface area contributed by atoms with Crippen LogP contribution in [-0.2, 0) is 0 Å². The average Bonchev–Trinajstić information content (AvgIpc) is 1.65. The molecular formula is C7H13+. The van der Waals surface area contributed by atoms with E-state index in [1.165, 1.54) is 19.3 Å². The van der Waals surface area contributed by atoms with Crippen LogP contribution in [0.1, 0.15) is 33.1 Å². The van der Waals surface area contributed by atoms with Crippen LogP contribution in [0, 0.1) is 11.8 Å². The van der Waals surface area contributed by atoms with Crippen molar-refractivity contribution >= 4 is 0 Å². The summed E-state index contributed by atoms with van der Waals surface area (Å²) in [6.45, 7) is 4.58. The number of hydrogen-bond donors (Lipinski definition) is 0. The summed E-state index contributed by atoms with van der Waals surface area (Å²) in [7, 11) is 0. The van der Waals surface area contributed by atoms with Gasteiger partial charge in [-0.25, -0.2) is 0 Å². The average molecular weight is 97.2 g/mol. The summed E-state index contributed by atoms with van der Waals surface area (Å²) in [5.41, 5.74) is 0. The van der Waals surface area contributed by atoms with Gasteiger partial charge in [0, 0.05) is 6.42 Å². The Morgan fingerprint density at radius 1 is 1.71 bits per heavy atom. The first kappa shape index (κ1) is 5.02. The summed E-state index contributed by atoms with van der Waals surface area (Å²) >= 11 is 0. The van der Waals surface area contributed by atoms with E-state index < -0.39 is 0 Å². The number of rotatable bonds is 1.